The second-order valence-electron chi connectivity index (χ2n) is 7.52. The lowest BCUT2D eigenvalue weighted by molar-refractivity contribution is 0.101. The van der Waals surface area contributed by atoms with Crippen molar-refractivity contribution in [3.63, 3.8) is 0 Å². The summed E-state index contributed by atoms with van der Waals surface area (Å²) in [7, 11) is 3.09. The third-order valence-electron chi connectivity index (χ3n) is 5.46. The fourth-order valence-electron chi connectivity index (χ4n) is 3.78. The van der Waals surface area contributed by atoms with Gasteiger partial charge in [0.05, 0.1) is 23.7 Å². The Bertz CT molecular complexity index is 1450. The highest BCUT2D eigenvalue weighted by Crippen LogP contribution is 2.37. The van der Waals surface area contributed by atoms with Crippen LogP contribution in [0, 0.1) is 11.3 Å². The summed E-state index contributed by atoms with van der Waals surface area (Å²) in [5, 5.41) is 37.7. The number of rotatable bonds is 6. The molecule has 0 spiro atoms. The summed E-state index contributed by atoms with van der Waals surface area (Å²) in [6, 6.07) is 9.12. The molecule has 4 rings (SSSR count). The van der Waals surface area contributed by atoms with Gasteiger partial charge in [-0.25, -0.2) is 9.67 Å². The van der Waals surface area contributed by atoms with Gasteiger partial charge in [0.15, 0.2) is 11.5 Å². The highest BCUT2D eigenvalue weighted by atomic mass is 16.5. The van der Waals surface area contributed by atoms with Gasteiger partial charge in [0.25, 0.3) is 11.5 Å². The molecule has 1 aromatic carbocycles. The molecule has 0 saturated carbocycles. The Morgan fingerprint density at radius 3 is 2.68 bits per heavy atom. The van der Waals surface area contributed by atoms with Crippen LogP contribution < -0.4 is 10.9 Å². The first kappa shape index (κ1) is 22.3. The van der Waals surface area contributed by atoms with E-state index in [0.29, 0.717) is 17.0 Å². The molecule has 3 heterocycles. The van der Waals surface area contributed by atoms with Gasteiger partial charge in [-0.3, -0.25) is 14.2 Å². The summed E-state index contributed by atoms with van der Waals surface area (Å²) < 4.78 is 7.30. The summed E-state index contributed by atoms with van der Waals surface area (Å²) in [5.74, 6) is -2.22. The van der Waals surface area contributed by atoms with Gasteiger partial charge in [-0.15, -0.1) is 5.10 Å². The van der Waals surface area contributed by atoms with Gasteiger partial charge in [0.1, 0.15) is 17.8 Å². The molecule has 0 unspecified atom stereocenters. The van der Waals surface area contributed by atoms with E-state index in [1.165, 1.54) is 24.2 Å². The van der Waals surface area contributed by atoms with Crippen LogP contribution in [0.5, 0.6) is 5.75 Å². The van der Waals surface area contributed by atoms with E-state index < -0.39 is 34.7 Å². The number of aromatic nitrogens is 7. The minimum Gasteiger partial charge on any atom is -0.501 e. The normalized spacial score (nSPS) is 12.6. The molecule has 34 heavy (non-hydrogen) atoms. The third kappa shape index (κ3) is 3.88. The van der Waals surface area contributed by atoms with E-state index in [1.54, 1.807) is 38.2 Å². The number of anilines is 1. The quantitative estimate of drug-likeness (QED) is 0.422. The van der Waals surface area contributed by atoms with Crippen molar-refractivity contribution in [3.05, 3.63) is 75.5 Å². The van der Waals surface area contributed by atoms with Crippen molar-refractivity contribution in [1.82, 2.24) is 34.9 Å². The molecule has 0 aliphatic rings. The van der Waals surface area contributed by atoms with Crippen LogP contribution in [-0.2, 0) is 14.1 Å². The van der Waals surface area contributed by atoms with Crippen LogP contribution in [0.15, 0.2) is 46.0 Å². The molecule has 0 aliphatic heterocycles. The Morgan fingerprint density at radius 1 is 1.26 bits per heavy atom. The standard InChI is InChI=1S/C21H19N9O4/c1-11(15(19-26-27-28-30(19)3)14-7-5-4-6-12(14)8-22)18-25-16(17(31)21(33)29(18)2)20(32)24-13-9-23-34-10-13/h4-7,9-11,15,31H,1-3H3,(H,24,32)/t11-,15+/m0/s1. The molecule has 1 amide bonds. The molecule has 172 valence electrons. The van der Waals surface area contributed by atoms with Crippen molar-refractivity contribution in [2.24, 2.45) is 14.1 Å². The predicted octanol–water partition coefficient (Wildman–Crippen LogP) is 1.06. The topological polar surface area (TPSA) is 178 Å². The molecule has 3 aromatic heterocycles. The summed E-state index contributed by atoms with van der Waals surface area (Å²) >= 11 is 0. The first-order chi connectivity index (χ1) is 16.3. The van der Waals surface area contributed by atoms with E-state index in [2.05, 4.69) is 41.6 Å². The van der Waals surface area contributed by atoms with Gasteiger partial charge >= 0.3 is 0 Å². The average molecular weight is 461 g/mol. The zero-order chi connectivity index (χ0) is 24.4. The van der Waals surface area contributed by atoms with Gasteiger partial charge in [0.2, 0.25) is 5.75 Å². The van der Waals surface area contributed by atoms with Crippen LogP contribution in [0.1, 0.15) is 52.0 Å². The number of hydrogen-bond donors (Lipinski definition) is 2. The van der Waals surface area contributed by atoms with E-state index in [0.717, 1.165) is 4.57 Å². The number of tetrazole rings is 1. The van der Waals surface area contributed by atoms with Crippen molar-refractivity contribution in [2.75, 3.05) is 5.32 Å². The van der Waals surface area contributed by atoms with Crippen LogP contribution in [0.3, 0.4) is 0 Å². The maximum absolute atomic E-state index is 12.8. The fourth-order valence-corrected chi connectivity index (χ4v) is 3.78. The average Bonchev–Trinajstić information content (AvgIpc) is 3.50. The summed E-state index contributed by atoms with van der Waals surface area (Å²) in [6.45, 7) is 1.77. The largest absolute Gasteiger partial charge is 0.501 e. The van der Waals surface area contributed by atoms with Crippen LogP contribution in [0.2, 0.25) is 0 Å². The summed E-state index contributed by atoms with van der Waals surface area (Å²) in [6.07, 6.45) is 2.45. The number of carbonyl (C=O) groups is 1. The van der Waals surface area contributed by atoms with Crippen LogP contribution in [0.4, 0.5) is 5.69 Å². The minimum atomic E-state index is -0.818. The van der Waals surface area contributed by atoms with Crippen LogP contribution in [0.25, 0.3) is 0 Å². The van der Waals surface area contributed by atoms with Crippen LogP contribution >= 0.6 is 0 Å². The molecule has 2 atom stereocenters. The lowest BCUT2D eigenvalue weighted by atomic mass is 9.83. The maximum atomic E-state index is 12.8. The molecule has 0 bridgehead atoms. The monoisotopic (exact) mass is 461 g/mol. The van der Waals surface area contributed by atoms with E-state index in [1.807, 2.05) is 0 Å². The first-order valence-corrected chi connectivity index (χ1v) is 10.0. The second kappa shape index (κ2) is 8.94. The SMILES string of the molecule is C[C@H](c1nc(C(=O)Nc2cnoc2)c(O)c(=O)n1C)[C@H](c1ccccc1C#N)c1nnnn1C. The fraction of sp³-hybridized carbons (Fsp3) is 0.238. The molecular formula is C21H19N9O4. The van der Waals surface area contributed by atoms with E-state index in [-0.39, 0.29) is 11.5 Å². The van der Waals surface area contributed by atoms with Crippen molar-refractivity contribution >= 4 is 11.6 Å². The van der Waals surface area contributed by atoms with Gasteiger partial charge in [-0.05, 0) is 22.1 Å². The zero-order valence-corrected chi connectivity index (χ0v) is 18.4. The van der Waals surface area contributed by atoms with Gasteiger partial charge in [-0.2, -0.15) is 5.26 Å². The van der Waals surface area contributed by atoms with Crippen LogP contribution in [-0.4, -0.2) is 45.9 Å². The Kier molecular flexibility index (Phi) is 5.88. The number of nitriles is 1. The molecule has 13 nitrogen and oxygen atoms in total. The second-order valence-corrected chi connectivity index (χ2v) is 7.52. The number of hydrogen-bond acceptors (Lipinski definition) is 10. The van der Waals surface area contributed by atoms with Crippen molar-refractivity contribution in [2.45, 2.75) is 18.8 Å². The Hall–Kier alpha value is -4.86. The first-order valence-electron chi connectivity index (χ1n) is 10.0. The predicted molar refractivity (Wildman–Crippen MR) is 116 cm³/mol. The third-order valence-corrected chi connectivity index (χ3v) is 5.46. The molecule has 2 N–H and O–H groups in total. The number of benzene rings is 1. The minimum absolute atomic E-state index is 0.180. The number of carbonyl (C=O) groups excluding carboxylic acids is 1. The number of aryl methyl sites for hydroxylation is 1. The van der Waals surface area contributed by atoms with Crippen molar-refractivity contribution in [1.29, 1.82) is 5.26 Å². The van der Waals surface area contributed by atoms with Crippen molar-refractivity contribution in [3.8, 4) is 11.8 Å². The Morgan fingerprint density at radius 2 is 2.03 bits per heavy atom. The molecule has 0 radical (unpaired) electrons. The lowest BCUT2D eigenvalue weighted by Crippen LogP contribution is -2.30. The Balaban J connectivity index is 1.87. The Labute approximate surface area is 192 Å². The van der Waals surface area contributed by atoms with E-state index >= 15 is 0 Å². The molecule has 13 heteroatoms. The molecular weight excluding hydrogens is 442 g/mol. The summed E-state index contributed by atoms with van der Waals surface area (Å²) in [4.78, 5) is 29.9. The molecule has 4 aromatic rings. The molecule has 0 saturated heterocycles. The summed E-state index contributed by atoms with van der Waals surface area (Å²) in [5.41, 5.74) is -0.0255. The number of nitrogens with one attached hydrogen (secondary N) is 1. The molecule has 0 aliphatic carbocycles. The highest BCUT2D eigenvalue weighted by molar-refractivity contribution is 6.04. The van der Waals surface area contributed by atoms with Crippen molar-refractivity contribution < 1.29 is 14.4 Å². The van der Waals surface area contributed by atoms with Gasteiger partial charge < -0.3 is 14.9 Å². The van der Waals surface area contributed by atoms with Gasteiger partial charge in [-0.1, -0.05) is 30.3 Å². The maximum Gasteiger partial charge on any atom is 0.296 e. The zero-order valence-electron chi connectivity index (χ0n) is 18.4. The smallest absolute Gasteiger partial charge is 0.296 e. The van der Waals surface area contributed by atoms with E-state index in [9.17, 15) is 20.0 Å². The highest BCUT2D eigenvalue weighted by Gasteiger charge is 2.33. The molecule has 0 fully saturated rings. The number of aromatic hydroxyl groups is 1. The van der Waals surface area contributed by atoms with E-state index in [4.69, 9.17) is 0 Å². The number of amides is 1. The number of nitrogens with zero attached hydrogens (tertiary/aromatic N) is 8. The lowest BCUT2D eigenvalue weighted by Gasteiger charge is -2.25. The van der Waals surface area contributed by atoms with Gasteiger partial charge in [0, 0.05) is 20.0 Å².